The minimum absolute atomic E-state index is 0.00703. The second-order valence-electron chi connectivity index (χ2n) is 9.42. The van der Waals surface area contributed by atoms with E-state index in [9.17, 15) is 14.9 Å². The van der Waals surface area contributed by atoms with Crippen LogP contribution in [0.4, 0.5) is 5.13 Å². The van der Waals surface area contributed by atoms with Crippen molar-refractivity contribution in [1.29, 1.82) is 5.26 Å². The molecule has 3 aromatic rings. The van der Waals surface area contributed by atoms with Gasteiger partial charge in [-0.1, -0.05) is 67.3 Å². The van der Waals surface area contributed by atoms with Crippen LogP contribution in [0.15, 0.2) is 80.1 Å². The maximum atomic E-state index is 13.4. The van der Waals surface area contributed by atoms with Gasteiger partial charge in [0.1, 0.15) is 11.6 Å². The molecule has 3 heterocycles. The van der Waals surface area contributed by atoms with Gasteiger partial charge in [0.15, 0.2) is 15.9 Å². The predicted molar refractivity (Wildman–Crippen MR) is 137 cm³/mol. The normalized spacial score (nSPS) is 19.3. The molecule has 5 rings (SSSR count). The largest absolute Gasteiger partial charge is 0.468 e. The summed E-state index contributed by atoms with van der Waals surface area (Å²) in [5.74, 6) is 0.213. The summed E-state index contributed by atoms with van der Waals surface area (Å²) in [5, 5.41) is 19.1. The van der Waals surface area contributed by atoms with Crippen LogP contribution in [0, 0.1) is 16.7 Å². The van der Waals surface area contributed by atoms with Crippen LogP contribution in [0.3, 0.4) is 0 Å². The minimum Gasteiger partial charge on any atom is -0.468 e. The summed E-state index contributed by atoms with van der Waals surface area (Å²) in [5.41, 5.74) is 8.39. The fourth-order valence-corrected chi connectivity index (χ4v) is 6.43. The number of hydrogen-bond acceptors (Lipinski definition) is 10. The molecular weight excluding hydrogens is 494 g/mol. The lowest BCUT2D eigenvalue weighted by molar-refractivity contribution is -0.118. The highest BCUT2D eigenvalue weighted by atomic mass is 32.2. The number of Topliss-reactive ketones (excluding diaryl/α,β-unsaturated/α-hetero) is 2. The second-order valence-corrected chi connectivity index (χ2v) is 11.6. The number of carbonyl (C=O) groups is 2. The highest BCUT2D eigenvalue weighted by molar-refractivity contribution is 8.01. The molecule has 2 aromatic heterocycles. The zero-order valence-electron chi connectivity index (χ0n) is 19.7. The maximum Gasteiger partial charge on any atom is 0.219 e. The van der Waals surface area contributed by atoms with Crippen LogP contribution in [-0.4, -0.2) is 27.5 Å². The molecule has 0 saturated carbocycles. The minimum atomic E-state index is -0.662. The molecule has 0 fully saturated rings. The van der Waals surface area contributed by atoms with Crippen LogP contribution in [0.1, 0.15) is 48.7 Å². The molecule has 10 heteroatoms. The Balaban J connectivity index is 1.51. The van der Waals surface area contributed by atoms with E-state index in [4.69, 9.17) is 10.2 Å². The first-order valence-corrected chi connectivity index (χ1v) is 13.1. The first-order valence-electron chi connectivity index (χ1n) is 11.3. The van der Waals surface area contributed by atoms with Crippen LogP contribution in [0.25, 0.3) is 0 Å². The summed E-state index contributed by atoms with van der Waals surface area (Å²) in [6.45, 7) is 4.07. The molecule has 0 amide bonds. The van der Waals surface area contributed by atoms with Gasteiger partial charge in [0, 0.05) is 23.3 Å². The number of ketones is 2. The van der Waals surface area contributed by atoms with E-state index < -0.39 is 5.92 Å². The first kappa shape index (κ1) is 24.0. The lowest BCUT2D eigenvalue weighted by Crippen LogP contribution is -2.42. The molecule has 36 heavy (non-hydrogen) atoms. The third-order valence-corrected chi connectivity index (χ3v) is 8.26. The molecule has 0 radical (unpaired) electrons. The number of allylic oxidation sites excluding steroid dienone is 3. The van der Waals surface area contributed by atoms with Gasteiger partial charge < -0.3 is 10.2 Å². The van der Waals surface area contributed by atoms with Gasteiger partial charge in [0.2, 0.25) is 5.13 Å². The molecular formula is C26H23N5O3S2. The Morgan fingerprint density at radius 3 is 2.72 bits per heavy atom. The zero-order valence-corrected chi connectivity index (χ0v) is 21.4. The summed E-state index contributed by atoms with van der Waals surface area (Å²) in [7, 11) is 0. The number of nitrogens with two attached hydrogens (primary N) is 1. The van der Waals surface area contributed by atoms with Crippen LogP contribution < -0.4 is 10.6 Å². The molecule has 2 N–H and O–H groups in total. The van der Waals surface area contributed by atoms with E-state index in [1.54, 1.807) is 29.2 Å². The predicted octanol–water partition coefficient (Wildman–Crippen LogP) is 5.05. The molecule has 1 aromatic carbocycles. The third-order valence-electron chi connectivity index (χ3n) is 6.22. The number of nitrogens with zero attached hydrogens (tertiary/aromatic N) is 4. The van der Waals surface area contributed by atoms with Gasteiger partial charge in [-0.25, -0.2) is 0 Å². The van der Waals surface area contributed by atoms with Crippen LogP contribution >= 0.6 is 23.1 Å². The summed E-state index contributed by atoms with van der Waals surface area (Å²) < 4.78 is 6.23. The third kappa shape index (κ3) is 4.36. The van der Waals surface area contributed by atoms with Gasteiger partial charge in [0.05, 0.1) is 29.6 Å². The average Bonchev–Trinajstić information content (AvgIpc) is 3.54. The number of carbonyl (C=O) groups excluding carboxylic acids is 2. The van der Waals surface area contributed by atoms with Crippen LogP contribution in [-0.2, 0) is 4.79 Å². The fourth-order valence-electron chi connectivity index (χ4n) is 4.65. The van der Waals surface area contributed by atoms with Gasteiger partial charge in [-0.15, -0.1) is 10.2 Å². The van der Waals surface area contributed by atoms with Gasteiger partial charge in [0.25, 0.3) is 0 Å². The monoisotopic (exact) mass is 517 g/mol. The molecule has 1 atom stereocenters. The summed E-state index contributed by atoms with van der Waals surface area (Å²) in [4.78, 5) is 27.6. The number of furan rings is 1. The number of rotatable bonds is 6. The van der Waals surface area contributed by atoms with Gasteiger partial charge in [-0.05, 0) is 24.0 Å². The van der Waals surface area contributed by atoms with E-state index in [1.807, 2.05) is 32.0 Å². The van der Waals surface area contributed by atoms with Crippen molar-refractivity contribution < 1.29 is 14.0 Å². The van der Waals surface area contributed by atoms with Crippen molar-refractivity contribution in [2.24, 2.45) is 11.1 Å². The van der Waals surface area contributed by atoms with Crippen molar-refractivity contribution in [1.82, 2.24) is 10.2 Å². The smallest absolute Gasteiger partial charge is 0.219 e. The summed E-state index contributed by atoms with van der Waals surface area (Å²) >= 11 is 2.56. The maximum absolute atomic E-state index is 13.4. The van der Waals surface area contributed by atoms with Crippen molar-refractivity contribution in [3.8, 4) is 6.07 Å². The average molecular weight is 518 g/mol. The van der Waals surface area contributed by atoms with Gasteiger partial charge in [-0.2, -0.15) is 5.26 Å². The Morgan fingerprint density at radius 1 is 1.25 bits per heavy atom. The van der Waals surface area contributed by atoms with Crippen molar-refractivity contribution in [3.63, 3.8) is 0 Å². The van der Waals surface area contributed by atoms with E-state index in [0.717, 1.165) is 0 Å². The summed E-state index contributed by atoms with van der Waals surface area (Å²) in [6, 6.07) is 14.8. The van der Waals surface area contributed by atoms with Crippen molar-refractivity contribution in [2.75, 3.05) is 10.7 Å². The topological polar surface area (TPSA) is 126 Å². The van der Waals surface area contributed by atoms with Crippen LogP contribution in [0.2, 0.25) is 0 Å². The highest BCUT2D eigenvalue weighted by Crippen LogP contribution is 2.50. The Labute approximate surface area is 216 Å². The van der Waals surface area contributed by atoms with E-state index in [1.165, 1.54) is 29.4 Å². The fraction of sp³-hybridized carbons (Fsp3) is 0.269. The Morgan fingerprint density at radius 2 is 2.03 bits per heavy atom. The van der Waals surface area contributed by atoms with Crippen LogP contribution in [0.5, 0.6) is 0 Å². The SMILES string of the molecule is CC1(C)CC(=O)C2=C(C1)N(c1nnc(SCC(=O)c3ccccc3)s1)C(N)=C(C#N)C2c1ccco1. The van der Waals surface area contributed by atoms with Gasteiger partial charge >= 0.3 is 0 Å². The lowest BCUT2D eigenvalue weighted by Gasteiger charge is -2.42. The van der Waals surface area contributed by atoms with Crippen molar-refractivity contribution in [3.05, 3.63) is 82.7 Å². The standard InChI is InChI=1S/C26H23N5O3S2/c1-26(2)11-17-22(18(32)12-26)21(20-9-6-10-34-20)16(13-27)23(28)31(17)24-29-30-25(36-24)35-14-19(33)15-7-4-3-5-8-15/h3-10,21H,11-12,14,28H2,1-2H3. The van der Waals surface area contributed by atoms with E-state index in [2.05, 4.69) is 16.3 Å². The zero-order chi connectivity index (χ0) is 25.4. The Hall–Kier alpha value is -3.68. The molecule has 8 nitrogen and oxygen atoms in total. The number of nitriles is 1. The van der Waals surface area contributed by atoms with E-state index in [0.29, 0.717) is 44.9 Å². The molecule has 1 aliphatic heterocycles. The first-order chi connectivity index (χ1) is 17.3. The molecule has 182 valence electrons. The molecule has 1 unspecified atom stereocenters. The number of anilines is 1. The second kappa shape index (κ2) is 9.41. The number of aromatic nitrogens is 2. The highest BCUT2D eigenvalue weighted by Gasteiger charge is 2.46. The lowest BCUT2D eigenvalue weighted by atomic mass is 9.69. The molecule has 1 aliphatic carbocycles. The van der Waals surface area contributed by atoms with E-state index in [-0.39, 0.29) is 34.1 Å². The molecule has 0 bridgehead atoms. The van der Waals surface area contributed by atoms with Crippen molar-refractivity contribution in [2.45, 2.75) is 36.9 Å². The number of benzene rings is 1. The quantitative estimate of drug-likeness (QED) is 0.353. The molecule has 2 aliphatic rings. The molecule has 0 spiro atoms. The number of thioether (sulfide) groups is 1. The van der Waals surface area contributed by atoms with Gasteiger partial charge in [-0.3, -0.25) is 14.5 Å². The molecule has 0 saturated heterocycles. The van der Waals surface area contributed by atoms with Crippen molar-refractivity contribution >= 4 is 39.8 Å². The Kier molecular flexibility index (Phi) is 6.28. The summed E-state index contributed by atoms with van der Waals surface area (Å²) in [6.07, 6.45) is 2.45. The van der Waals surface area contributed by atoms with E-state index >= 15 is 0 Å². The number of hydrogen-bond donors (Lipinski definition) is 1. The Bertz CT molecular complexity index is 1430.